The molecule has 0 aromatic rings. The van der Waals surface area contributed by atoms with E-state index in [-0.39, 0.29) is 5.54 Å². The monoisotopic (exact) mass is 237 g/mol. The van der Waals surface area contributed by atoms with Crippen molar-refractivity contribution in [2.45, 2.75) is 46.1 Å². The molecule has 1 aliphatic heterocycles. The fraction of sp³-hybridized carbons (Fsp3) is 0.571. The Morgan fingerprint density at radius 1 is 1.56 bits per heavy atom. The van der Waals surface area contributed by atoms with Crippen LogP contribution in [-0.2, 0) is 0 Å². The van der Waals surface area contributed by atoms with Crippen LogP contribution in [0, 0.1) is 5.92 Å². The van der Waals surface area contributed by atoms with Crippen molar-refractivity contribution in [1.29, 1.82) is 0 Å². The Hall–Kier alpha value is -0.550. The van der Waals surface area contributed by atoms with E-state index in [1.165, 1.54) is 17.7 Å². The van der Waals surface area contributed by atoms with Gasteiger partial charge in [0.05, 0.1) is 0 Å². The Kier molecular flexibility index (Phi) is 4.38. The molecule has 1 aliphatic rings. The van der Waals surface area contributed by atoms with Gasteiger partial charge in [-0.1, -0.05) is 38.7 Å². The number of hydrogen-bond donors (Lipinski definition) is 0. The minimum absolute atomic E-state index is 0.212. The number of hydrogen-bond acceptors (Lipinski definition) is 1. The van der Waals surface area contributed by atoms with Gasteiger partial charge in [0.15, 0.2) is 0 Å². The quantitative estimate of drug-likeness (QED) is 0.647. The molecule has 16 heavy (non-hydrogen) atoms. The summed E-state index contributed by atoms with van der Waals surface area (Å²) in [7, 11) is 2.87. The van der Waals surface area contributed by atoms with Crippen molar-refractivity contribution in [3.8, 4) is 0 Å². The predicted molar refractivity (Wildman–Crippen MR) is 76.1 cm³/mol. The summed E-state index contributed by atoms with van der Waals surface area (Å²) < 4.78 is 2.33. The molecule has 0 aromatic carbocycles. The molecule has 1 nitrogen and oxygen atoms in total. The highest BCUT2D eigenvalue weighted by Crippen LogP contribution is 2.43. The zero-order valence-corrected chi connectivity index (χ0v) is 12.1. The SMILES string of the molecule is C=CC=C1/C(=C\CC)N(P)C(C)(C)CC1C. The summed E-state index contributed by atoms with van der Waals surface area (Å²) in [6.07, 6.45) is 8.60. The summed E-state index contributed by atoms with van der Waals surface area (Å²) in [6, 6.07) is 0. The first-order valence-corrected chi connectivity index (χ1v) is 6.53. The maximum atomic E-state index is 3.82. The first-order chi connectivity index (χ1) is 7.44. The molecular formula is C14H24NP. The second kappa shape index (κ2) is 5.19. The van der Waals surface area contributed by atoms with E-state index in [1.54, 1.807) is 0 Å². The third kappa shape index (κ3) is 2.58. The lowest BCUT2D eigenvalue weighted by molar-refractivity contribution is 0.220. The van der Waals surface area contributed by atoms with Crippen molar-refractivity contribution >= 4 is 9.39 Å². The Balaban J connectivity index is 3.17. The van der Waals surface area contributed by atoms with Crippen LogP contribution in [0.5, 0.6) is 0 Å². The van der Waals surface area contributed by atoms with Crippen molar-refractivity contribution in [1.82, 2.24) is 4.67 Å². The van der Waals surface area contributed by atoms with E-state index in [0.29, 0.717) is 5.92 Å². The van der Waals surface area contributed by atoms with Crippen LogP contribution in [0.4, 0.5) is 0 Å². The molecule has 1 saturated heterocycles. The second-order valence-electron chi connectivity index (χ2n) is 5.14. The fourth-order valence-corrected chi connectivity index (χ4v) is 2.82. The Labute approximate surface area is 103 Å². The topological polar surface area (TPSA) is 3.24 Å². The molecule has 1 fully saturated rings. The highest BCUT2D eigenvalue weighted by atomic mass is 31.0. The average Bonchev–Trinajstić information content (AvgIpc) is 2.19. The van der Waals surface area contributed by atoms with E-state index in [4.69, 9.17) is 0 Å². The highest BCUT2D eigenvalue weighted by molar-refractivity contribution is 7.13. The molecule has 2 atom stereocenters. The minimum atomic E-state index is 0.212. The van der Waals surface area contributed by atoms with E-state index in [1.807, 2.05) is 6.08 Å². The lowest BCUT2D eigenvalue weighted by Crippen LogP contribution is -2.43. The molecule has 0 aromatic heterocycles. The maximum Gasteiger partial charge on any atom is 0.0394 e. The number of allylic oxidation sites excluding steroid dienone is 4. The van der Waals surface area contributed by atoms with Gasteiger partial charge in [-0.2, -0.15) is 0 Å². The van der Waals surface area contributed by atoms with Gasteiger partial charge in [-0.15, -0.1) is 0 Å². The minimum Gasteiger partial charge on any atom is -0.351 e. The van der Waals surface area contributed by atoms with E-state index in [0.717, 1.165) is 6.42 Å². The zero-order chi connectivity index (χ0) is 12.3. The van der Waals surface area contributed by atoms with Crippen LogP contribution >= 0.6 is 9.39 Å². The third-order valence-corrected chi connectivity index (χ3v) is 4.22. The smallest absolute Gasteiger partial charge is 0.0394 e. The molecule has 90 valence electrons. The normalized spacial score (nSPS) is 29.8. The van der Waals surface area contributed by atoms with Crippen molar-refractivity contribution < 1.29 is 0 Å². The molecule has 0 spiro atoms. The Bertz CT molecular complexity index is 326. The van der Waals surface area contributed by atoms with Crippen LogP contribution < -0.4 is 0 Å². The van der Waals surface area contributed by atoms with Crippen LogP contribution in [0.25, 0.3) is 0 Å². The van der Waals surface area contributed by atoms with Crippen molar-refractivity contribution in [2.75, 3.05) is 0 Å². The largest absolute Gasteiger partial charge is 0.351 e. The summed E-state index contributed by atoms with van der Waals surface area (Å²) in [4.78, 5) is 0. The van der Waals surface area contributed by atoms with Gasteiger partial charge in [-0.3, -0.25) is 0 Å². The van der Waals surface area contributed by atoms with Crippen LogP contribution in [0.2, 0.25) is 0 Å². The standard InChI is InChI=1S/C14H24NP/c1-6-8-12-11(3)10-14(4,5)15(16)13(12)9-7-2/h6,8-9,11H,1,7,10,16H2,2-5H3/b12-8?,13-9+. The molecule has 0 bridgehead atoms. The van der Waals surface area contributed by atoms with E-state index >= 15 is 0 Å². The van der Waals surface area contributed by atoms with Gasteiger partial charge < -0.3 is 4.67 Å². The zero-order valence-electron chi connectivity index (χ0n) is 11.0. The van der Waals surface area contributed by atoms with Crippen LogP contribution in [0.1, 0.15) is 40.5 Å². The first-order valence-electron chi connectivity index (χ1n) is 6.02. The van der Waals surface area contributed by atoms with E-state index in [9.17, 15) is 0 Å². The van der Waals surface area contributed by atoms with Gasteiger partial charge in [-0.25, -0.2) is 0 Å². The van der Waals surface area contributed by atoms with Crippen molar-refractivity contribution in [2.24, 2.45) is 5.92 Å². The van der Waals surface area contributed by atoms with Gasteiger partial charge in [-0.05, 0) is 47.6 Å². The Morgan fingerprint density at radius 2 is 2.19 bits per heavy atom. The van der Waals surface area contributed by atoms with Crippen LogP contribution in [-0.4, -0.2) is 10.2 Å². The highest BCUT2D eigenvalue weighted by Gasteiger charge is 2.35. The van der Waals surface area contributed by atoms with E-state index < -0.39 is 0 Å². The molecule has 0 N–H and O–H groups in total. The Morgan fingerprint density at radius 3 is 2.69 bits per heavy atom. The number of rotatable bonds is 2. The van der Waals surface area contributed by atoms with Gasteiger partial charge in [0, 0.05) is 11.2 Å². The van der Waals surface area contributed by atoms with E-state index in [2.05, 4.69) is 60.5 Å². The molecule has 1 heterocycles. The molecule has 0 amide bonds. The number of nitrogens with zero attached hydrogens (tertiary/aromatic N) is 1. The molecule has 1 rings (SSSR count). The average molecular weight is 237 g/mol. The predicted octanol–water partition coefficient (Wildman–Crippen LogP) is 4.30. The fourth-order valence-electron chi connectivity index (χ4n) is 2.46. The van der Waals surface area contributed by atoms with Gasteiger partial charge >= 0.3 is 0 Å². The summed E-state index contributed by atoms with van der Waals surface area (Å²) in [6.45, 7) is 12.9. The molecule has 2 unspecified atom stereocenters. The van der Waals surface area contributed by atoms with Gasteiger partial charge in [0.25, 0.3) is 0 Å². The van der Waals surface area contributed by atoms with Crippen LogP contribution in [0.15, 0.2) is 36.1 Å². The molecular weight excluding hydrogens is 213 g/mol. The molecule has 2 heteroatoms. The maximum absolute atomic E-state index is 3.82. The summed E-state index contributed by atoms with van der Waals surface area (Å²) >= 11 is 0. The van der Waals surface area contributed by atoms with Crippen molar-refractivity contribution in [3.05, 3.63) is 36.1 Å². The van der Waals surface area contributed by atoms with Gasteiger partial charge in [0.1, 0.15) is 0 Å². The van der Waals surface area contributed by atoms with Crippen LogP contribution in [0.3, 0.4) is 0 Å². The van der Waals surface area contributed by atoms with Gasteiger partial charge in [0.2, 0.25) is 0 Å². The lowest BCUT2D eigenvalue weighted by Gasteiger charge is -2.47. The second-order valence-corrected chi connectivity index (χ2v) is 5.66. The lowest BCUT2D eigenvalue weighted by atomic mass is 9.80. The summed E-state index contributed by atoms with van der Waals surface area (Å²) in [5.74, 6) is 0.600. The summed E-state index contributed by atoms with van der Waals surface area (Å²) in [5, 5.41) is 0. The first kappa shape index (κ1) is 13.5. The van der Waals surface area contributed by atoms with Crippen molar-refractivity contribution in [3.63, 3.8) is 0 Å². The number of piperidine rings is 1. The molecule has 0 radical (unpaired) electrons. The third-order valence-electron chi connectivity index (χ3n) is 3.24. The molecule has 0 aliphatic carbocycles. The summed E-state index contributed by atoms with van der Waals surface area (Å²) in [5.41, 5.74) is 2.96. The molecule has 0 saturated carbocycles.